The van der Waals surface area contributed by atoms with Crippen LogP contribution in [-0.2, 0) is 5.33 Å². The van der Waals surface area contributed by atoms with Crippen molar-refractivity contribution in [2.45, 2.75) is 5.33 Å². The van der Waals surface area contributed by atoms with Gasteiger partial charge in [0.15, 0.2) is 0 Å². The Hall–Kier alpha value is -1.34. The number of benzene rings is 1. The van der Waals surface area contributed by atoms with Gasteiger partial charge in [0, 0.05) is 5.33 Å². The SMILES string of the molecule is N#Cc1c(CBr)cccc1C(N)=O. The fraction of sp³-hybridized carbons (Fsp3) is 0.111. The van der Waals surface area contributed by atoms with Gasteiger partial charge in [0.2, 0.25) is 5.91 Å². The number of hydrogen-bond donors (Lipinski definition) is 1. The number of carbonyl (C=O) groups excluding carboxylic acids is 1. The summed E-state index contributed by atoms with van der Waals surface area (Å²) in [6.45, 7) is 0. The molecule has 0 atom stereocenters. The van der Waals surface area contributed by atoms with Crippen molar-refractivity contribution in [3.8, 4) is 6.07 Å². The predicted molar refractivity (Wildman–Crippen MR) is 52.3 cm³/mol. The normalized spacial score (nSPS) is 9.23. The second-order valence-corrected chi connectivity index (χ2v) is 3.01. The molecule has 0 aliphatic rings. The number of rotatable bonds is 2. The van der Waals surface area contributed by atoms with Gasteiger partial charge in [-0.25, -0.2) is 0 Å². The fourth-order valence-electron chi connectivity index (χ4n) is 1.05. The van der Waals surface area contributed by atoms with Crippen LogP contribution in [0, 0.1) is 11.3 Å². The topological polar surface area (TPSA) is 66.9 Å². The Morgan fingerprint density at radius 3 is 2.77 bits per heavy atom. The average Bonchev–Trinajstić information content (AvgIpc) is 2.16. The molecule has 0 aliphatic carbocycles. The van der Waals surface area contributed by atoms with Crippen LogP contribution in [-0.4, -0.2) is 5.91 Å². The largest absolute Gasteiger partial charge is 0.366 e. The molecule has 0 radical (unpaired) electrons. The van der Waals surface area contributed by atoms with Crippen molar-refractivity contribution < 1.29 is 4.79 Å². The molecule has 1 rings (SSSR count). The standard InChI is InChI=1S/C9H7BrN2O/c10-4-6-2-1-3-7(9(12)13)8(6)5-11/h1-3H,4H2,(H2,12,13). The van der Waals surface area contributed by atoms with Crippen LogP contribution in [0.4, 0.5) is 0 Å². The van der Waals surface area contributed by atoms with Crippen molar-refractivity contribution in [2.24, 2.45) is 5.73 Å². The Morgan fingerprint density at radius 1 is 1.62 bits per heavy atom. The monoisotopic (exact) mass is 238 g/mol. The van der Waals surface area contributed by atoms with E-state index in [2.05, 4.69) is 15.9 Å². The number of nitrogens with zero attached hydrogens (tertiary/aromatic N) is 1. The summed E-state index contributed by atoms with van der Waals surface area (Å²) in [5.74, 6) is -0.570. The summed E-state index contributed by atoms with van der Waals surface area (Å²) >= 11 is 3.23. The lowest BCUT2D eigenvalue weighted by Crippen LogP contribution is -2.13. The van der Waals surface area contributed by atoms with E-state index in [1.807, 2.05) is 6.07 Å². The third-order valence-corrected chi connectivity index (χ3v) is 2.28. The molecule has 2 N–H and O–H groups in total. The highest BCUT2D eigenvalue weighted by molar-refractivity contribution is 9.08. The molecule has 1 aromatic rings. The molecular weight excluding hydrogens is 232 g/mol. The van der Waals surface area contributed by atoms with Crippen molar-refractivity contribution in [2.75, 3.05) is 0 Å². The van der Waals surface area contributed by atoms with E-state index in [-0.39, 0.29) is 5.56 Å². The molecule has 0 unspecified atom stereocenters. The molecule has 0 saturated carbocycles. The van der Waals surface area contributed by atoms with E-state index in [9.17, 15) is 4.79 Å². The Balaban J connectivity index is 3.38. The minimum atomic E-state index is -0.570. The lowest BCUT2D eigenvalue weighted by molar-refractivity contribution is 0.1000. The van der Waals surface area contributed by atoms with Crippen LogP contribution in [0.15, 0.2) is 18.2 Å². The smallest absolute Gasteiger partial charge is 0.250 e. The van der Waals surface area contributed by atoms with E-state index in [0.29, 0.717) is 10.9 Å². The number of primary amides is 1. The van der Waals surface area contributed by atoms with Crippen molar-refractivity contribution >= 4 is 21.8 Å². The second kappa shape index (κ2) is 4.06. The first-order valence-corrected chi connectivity index (χ1v) is 4.70. The second-order valence-electron chi connectivity index (χ2n) is 2.45. The van der Waals surface area contributed by atoms with E-state index >= 15 is 0 Å². The number of carbonyl (C=O) groups is 1. The van der Waals surface area contributed by atoms with Crippen molar-refractivity contribution in [1.29, 1.82) is 5.26 Å². The van der Waals surface area contributed by atoms with Crippen LogP contribution in [0.25, 0.3) is 0 Å². The van der Waals surface area contributed by atoms with Gasteiger partial charge in [-0.05, 0) is 11.6 Å². The van der Waals surface area contributed by atoms with Gasteiger partial charge in [-0.15, -0.1) is 0 Å². The lowest BCUT2D eigenvalue weighted by Gasteiger charge is -2.02. The van der Waals surface area contributed by atoms with E-state index in [1.54, 1.807) is 18.2 Å². The van der Waals surface area contributed by atoms with Gasteiger partial charge < -0.3 is 5.73 Å². The molecular formula is C9H7BrN2O. The van der Waals surface area contributed by atoms with Crippen molar-refractivity contribution in [1.82, 2.24) is 0 Å². The highest BCUT2D eigenvalue weighted by Gasteiger charge is 2.10. The minimum absolute atomic E-state index is 0.277. The number of halogens is 1. The van der Waals surface area contributed by atoms with Gasteiger partial charge in [-0.2, -0.15) is 5.26 Å². The van der Waals surface area contributed by atoms with E-state index in [4.69, 9.17) is 11.0 Å². The molecule has 3 nitrogen and oxygen atoms in total. The molecule has 0 spiro atoms. The Bertz CT molecular complexity index is 382. The maximum atomic E-state index is 10.9. The zero-order chi connectivity index (χ0) is 9.84. The van der Waals surface area contributed by atoms with Crippen LogP contribution in [0.3, 0.4) is 0 Å². The molecule has 0 saturated heterocycles. The summed E-state index contributed by atoms with van der Waals surface area (Å²) in [5.41, 5.74) is 6.52. The van der Waals surface area contributed by atoms with Gasteiger partial charge in [0.05, 0.1) is 11.1 Å². The molecule has 66 valence electrons. The number of hydrogen-bond acceptors (Lipinski definition) is 2. The van der Waals surface area contributed by atoms with Crippen LogP contribution >= 0.6 is 15.9 Å². The molecule has 0 aliphatic heterocycles. The summed E-state index contributed by atoms with van der Waals surface area (Å²) in [7, 11) is 0. The van der Waals surface area contributed by atoms with Gasteiger partial charge in [0.25, 0.3) is 0 Å². The summed E-state index contributed by atoms with van der Waals surface area (Å²) in [4.78, 5) is 10.9. The molecule has 4 heteroatoms. The molecule has 1 aromatic carbocycles. The summed E-state index contributed by atoms with van der Waals surface area (Å²) in [5, 5.41) is 9.34. The van der Waals surface area contributed by atoms with Crippen LogP contribution in [0.5, 0.6) is 0 Å². The fourth-order valence-corrected chi connectivity index (χ4v) is 1.52. The molecule has 0 fully saturated rings. The van der Waals surface area contributed by atoms with Crippen LogP contribution < -0.4 is 5.73 Å². The molecule has 1 amide bonds. The van der Waals surface area contributed by atoms with Crippen molar-refractivity contribution in [3.05, 3.63) is 34.9 Å². The quantitative estimate of drug-likeness (QED) is 0.795. The Morgan fingerprint density at radius 2 is 2.31 bits per heavy atom. The first kappa shape index (κ1) is 9.75. The van der Waals surface area contributed by atoms with Gasteiger partial charge in [0.1, 0.15) is 6.07 Å². The predicted octanol–water partition coefficient (Wildman–Crippen LogP) is 1.55. The summed E-state index contributed by atoms with van der Waals surface area (Å²) in [6, 6.07) is 7.00. The highest BCUT2D eigenvalue weighted by Crippen LogP contribution is 2.15. The zero-order valence-corrected chi connectivity index (χ0v) is 8.34. The van der Waals surface area contributed by atoms with E-state index in [1.165, 1.54) is 0 Å². The number of alkyl halides is 1. The molecule has 0 heterocycles. The van der Waals surface area contributed by atoms with Crippen LogP contribution in [0.2, 0.25) is 0 Å². The summed E-state index contributed by atoms with van der Waals surface area (Å²) < 4.78 is 0. The molecule has 13 heavy (non-hydrogen) atoms. The van der Waals surface area contributed by atoms with E-state index in [0.717, 1.165) is 5.56 Å². The number of nitriles is 1. The Kier molecular flexibility index (Phi) is 3.04. The Labute approximate surface area is 84.3 Å². The van der Waals surface area contributed by atoms with Gasteiger partial charge >= 0.3 is 0 Å². The first-order valence-electron chi connectivity index (χ1n) is 3.58. The highest BCUT2D eigenvalue weighted by atomic mass is 79.9. The number of nitrogens with two attached hydrogens (primary N) is 1. The van der Waals surface area contributed by atoms with E-state index < -0.39 is 5.91 Å². The average molecular weight is 239 g/mol. The first-order chi connectivity index (χ1) is 6.20. The third kappa shape index (κ3) is 1.87. The molecule has 0 bridgehead atoms. The van der Waals surface area contributed by atoms with Crippen molar-refractivity contribution in [3.63, 3.8) is 0 Å². The lowest BCUT2D eigenvalue weighted by atomic mass is 10.0. The molecule has 0 aromatic heterocycles. The maximum absolute atomic E-state index is 10.9. The van der Waals surface area contributed by atoms with Gasteiger partial charge in [-0.3, -0.25) is 4.79 Å². The summed E-state index contributed by atoms with van der Waals surface area (Å²) in [6.07, 6.45) is 0. The maximum Gasteiger partial charge on any atom is 0.250 e. The number of amides is 1. The minimum Gasteiger partial charge on any atom is -0.366 e. The van der Waals surface area contributed by atoms with Crippen LogP contribution in [0.1, 0.15) is 21.5 Å². The third-order valence-electron chi connectivity index (χ3n) is 1.67. The zero-order valence-electron chi connectivity index (χ0n) is 6.75. The van der Waals surface area contributed by atoms with Gasteiger partial charge in [-0.1, -0.05) is 28.1 Å².